The molecule has 1 amide bonds. The van der Waals surface area contributed by atoms with Gasteiger partial charge in [0.15, 0.2) is 0 Å². The molecule has 2 aromatic heterocycles. The lowest BCUT2D eigenvalue weighted by Crippen LogP contribution is -2.24. The lowest BCUT2D eigenvalue weighted by atomic mass is 10.1. The molecule has 0 fully saturated rings. The van der Waals surface area contributed by atoms with Gasteiger partial charge in [0, 0.05) is 11.6 Å². The van der Waals surface area contributed by atoms with Gasteiger partial charge in [-0.3, -0.25) is 14.6 Å². The molecule has 0 aliphatic rings. The van der Waals surface area contributed by atoms with Crippen molar-refractivity contribution in [2.45, 2.75) is 0 Å². The van der Waals surface area contributed by atoms with E-state index in [9.17, 15) is 9.59 Å². The van der Waals surface area contributed by atoms with Crippen molar-refractivity contribution in [3.63, 3.8) is 0 Å². The minimum absolute atomic E-state index is 0.0916. The van der Waals surface area contributed by atoms with Gasteiger partial charge in [0.25, 0.3) is 5.56 Å². The molecule has 4 aromatic rings. The second-order valence-electron chi connectivity index (χ2n) is 7.42. The van der Waals surface area contributed by atoms with E-state index in [2.05, 4.69) is 126 Å². The van der Waals surface area contributed by atoms with Crippen molar-refractivity contribution in [2.75, 3.05) is 0 Å². The molecule has 2 N–H and O–H groups in total. The molecule has 7 nitrogen and oxygen atoms in total. The van der Waals surface area contributed by atoms with Crippen LogP contribution in [0.4, 0.5) is 0 Å². The Labute approximate surface area is 247 Å². The summed E-state index contributed by atoms with van der Waals surface area (Å²) in [4.78, 5) is 35.1. The molecule has 0 radical (unpaired) electrons. The number of fused-ring (bicyclic) bond motifs is 2. The summed E-state index contributed by atoms with van der Waals surface area (Å²) in [5.74, 6) is -0.686. The summed E-state index contributed by atoms with van der Waals surface area (Å²) in [5, 5.41) is 5.37. The smallest absolute Gasteiger partial charge is 0.302 e. The first kappa shape index (κ1) is 32.0. The second-order valence-corrected chi connectivity index (χ2v) is 7.42. The number of H-pyrrole nitrogens is 1. The number of benzene rings is 2. The highest BCUT2D eigenvalue weighted by Crippen LogP contribution is 2.11. The van der Waals surface area contributed by atoms with Gasteiger partial charge in [-0.25, -0.2) is 10.4 Å². The molecular formula is C36H21N5O2. The second kappa shape index (κ2) is 18.9. The Morgan fingerprint density at radius 1 is 0.767 bits per heavy atom. The van der Waals surface area contributed by atoms with Gasteiger partial charge in [-0.1, -0.05) is 53.3 Å². The van der Waals surface area contributed by atoms with Crippen LogP contribution in [0.3, 0.4) is 0 Å². The van der Waals surface area contributed by atoms with Gasteiger partial charge in [0.1, 0.15) is 0 Å². The Hall–Kier alpha value is -7.25. The standard InChI is InChI=1S/C19H13N5O2.C10H4.C7H4/c25-18-14-5-1-2-6-15(14)22-17(23-18)19(26)24-21-11-12-7-8-13-4-3-9-20-16(13)10-12;1-3-5-7-9-10-8-6-4-2;1-3-5-7-6-4-2/h1-11H,(H,24,26)(H,22,23,25);1-2H2;1-2H2/b21-11+;;. The van der Waals surface area contributed by atoms with Crippen molar-refractivity contribution in [2.24, 2.45) is 5.10 Å². The number of rotatable bonds is 3. The molecule has 202 valence electrons. The van der Waals surface area contributed by atoms with Gasteiger partial charge in [-0.05, 0) is 108 Å². The van der Waals surface area contributed by atoms with Crippen LogP contribution >= 0.6 is 0 Å². The first-order valence-corrected chi connectivity index (χ1v) is 12.0. The highest BCUT2D eigenvalue weighted by molar-refractivity contribution is 5.94. The summed E-state index contributed by atoms with van der Waals surface area (Å²) in [7, 11) is 0. The summed E-state index contributed by atoms with van der Waals surface area (Å²) in [6.45, 7) is 13.0. The Morgan fingerprint density at radius 2 is 1.37 bits per heavy atom. The maximum atomic E-state index is 12.2. The molecule has 2 aromatic carbocycles. The number of aromatic nitrogens is 3. The number of carbonyl (C=O) groups excluding carboxylic acids is 1. The van der Waals surface area contributed by atoms with Crippen LogP contribution in [0.5, 0.6) is 0 Å². The molecule has 0 aliphatic carbocycles. The minimum atomic E-state index is -0.594. The Bertz CT molecular complexity index is 2180. The van der Waals surface area contributed by atoms with Gasteiger partial charge in [-0.2, -0.15) is 5.10 Å². The van der Waals surface area contributed by atoms with E-state index >= 15 is 0 Å². The van der Waals surface area contributed by atoms with E-state index in [1.807, 2.05) is 30.3 Å². The molecule has 0 bridgehead atoms. The normalized spacial score (nSPS) is 8.19. The number of nitrogens with one attached hydrogen (secondary N) is 2. The number of hydrogen-bond acceptors (Lipinski definition) is 5. The van der Waals surface area contributed by atoms with Crippen molar-refractivity contribution >= 4 is 33.9 Å². The van der Waals surface area contributed by atoms with Gasteiger partial charge in [0.05, 0.1) is 22.6 Å². The number of para-hydroxylation sites is 1. The van der Waals surface area contributed by atoms with E-state index in [1.54, 1.807) is 30.5 Å². The minimum Gasteiger partial charge on any atom is -0.302 e. The average molecular weight is 556 g/mol. The lowest BCUT2D eigenvalue weighted by Gasteiger charge is -2.02. The fraction of sp³-hybridized carbons (Fsp3) is 0. The molecule has 2 heterocycles. The summed E-state index contributed by atoms with van der Waals surface area (Å²) in [6, 6.07) is 16.3. The zero-order valence-corrected chi connectivity index (χ0v) is 22.8. The predicted molar refractivity (Wildman–Crippen MR) is 167 cm³/mol. The van der Waals surface area contributed by atoms with Crippen molar-refractivity contribution in [1.82, 2.24) is 20.4 Å². The number of carbonyl (C=O) groups is 1. The van der Waals surface area contributed by atoms with Crippen LogP contribution in [0.2, 0.25) is 0 Å². The fourth-order valence-electron chi connectivity index (χ4n) is 2.91. The fourth-order valence-corrected chi connectivity index (χ4v) is 2.91. The number of pyridine rings is 1. The molecule has 43 heavy (non-hydrogen) atoms. The highest BCUT2D eigenvalue weighted by atomic mass is 16.2. The number of nitrogens with zero attached hydrogens (tertiary/aromatic N) is 3. The van der Waals surface area contributed by atoms with Crippen LogP contribution < -0.4 is 11.0 Å². The molecule has 0 unspecified atom stereocenters. The third-order valence-corrected chi connectivity index (χ3v) is 4.63. The summed E-state index contributed by atoms with van der Waals surface area (Å²) < 4.78 is 0. The predicted octanol–water partition coefficient (Wildman–Crippen LogP) is 5.86. The average Bonchev–Trinajstić information content (AvgIpc) is 3.03. The molecule has 0 saturated heterocycles. The summed E-state index contributed by atoms with van der Waals surface area (Å²) >= 11 is 0. The molecule has 0 spiro atoms. The number of hydrazone groups is 1. The molecular weight excluding hydrogens is 534 g/mol. The van der Waals surface area contributed by atoms with Crippen LogP contribution in [0, 0.1) is 0 Å². The maximum absolute atomic E-state index is 12.2. The van der Waals surface area contributed by atoms with Gasteiger partial charge in [0.2, 0.25) is 5.82 Å². The SMILES string of the molecule is C=C=C=C=C=C=C.C=C=C=C=C=C=C=C=C=C.O=C(N/N=C/c1ccc2cccnc2c1)c1nc2ccccc2c(=O)[nH]1. The van der Waals surface area contributed by atoms with Gasteiger partial charge >= 0.3 is 5.91 Å². The molecule has 0 aliphatic heterocycles. The maximum Gasteiger partial charge on any atom is 0.307 e. The van der Waals surface area contributed by atoms with E-state index in [4.69, 9.17) is 0 Å². The van der Waals surface area contributed by atoms with Crippen LogP contribution in [0.1, 0.15) is 16.2 Å². The van der Waals surface area contributed by atoms with Crippen molar-refractivity contribution in [1.29, 1.82) is 0 Å². The zero-order chi connectivity index (χ0) is 31.1. The Balaban J connectivity index is 0.000000315. The van der Waals surface area contributed by atoms with Crippen molar-refractivity contribution in [3.8, 4) is 0 Å². The third-order valence-electron chi connectivity index (χ3n) is 4.63. The van der Waals surface area contributed by atoms with E-state index < -0.39 is 5.91 Å². The third kappa shape index (κ3) is 11.6. The van der Waals surface area contributed by atoms with Crippen LogP contribution in [-0.2, 0) is 0 Å². The van der Waals surface area contributed by atoms with Crippen LogP contribution in [-0.4, -0.2) is 27.1 Å². The first-order chi connectivity index (χ1) is 21.0. The largest absolute Gasteiger partial charge is 0.307 e. The number of hydrogen-bond donors (Lipinski definition) is 2. The molecule has 0 saturated carbocycles. The van der Waals surface area contributed by atoms with Crippen molar-refractivity contribution < 1.29 is 4.79 Å². The van der Waals surface area contributed by atoms with Gasteiger partial charge in [-0.15, -0.1) is 0 Å². The summed E-state index contributed by atoms with van der Waals surface area (Å²) in [5.41, 5.74) is 35.5. The van der Waals surface area contributed by atoms with Gasteiger partial charge < -0.3 is 4.98 Å². The zero-order valence-electron chi connectivity index (χ0n) is 22.8. The summed E-state index contributed by atoms with van der Waals surface area (Å²) in [6.07, 6.45) is 3.22. The molecule has 4 rings (SSSR count). The Morgan fingerprint density at radius 3 is 2.02 bits per heavy atom. The lowest BCUT2D eigenvalue weighted by molar-refractivity contribution is 0.0945. The number of amides is 1. The van der Waals surface area contributed by atoms with E-state index in [0.29, 0.717) is 10.9 Å². The number of aromatic amines is 1. The first-order valence-electron chi connectivity index (χ1n) is 12.0. The highest BCUT2D eigenvalue weighted by Gasteiger charge is 2.10. The molecule has 7 heteroatoms. The van der Waals surface area contributed by atoms with Crippen LogP contribution in [0.15, 0.2) is 172 Å². The van der Waals surface area contributed by atoms with Crippen molar-refractivity contribution in [3.05, 3.63) is 183 Å². The quantitative estimate of drug-likeness (QED) is 0.188. The monoisotopic (exact) mass is 555 g/mol. The Kier molecular flexibility index (Phi) is 14.1. The van der Waals surface area contributed by atoms with E-state index in [-0.39, 0.29) is 11.4 Å². The van der Waals surface area contributed by atoms with Crippen LogP contribution in [0.25, 0.3) is 21.8 Å². The van der Waals surface area contributed by atoms with E-state index in [1.165, 1.54) is 6.21 Å². The van der Waals surface area contributed by atoms with E-state index in [0.717, 1.165) is 16.5 Å². The molecule has 0 atom stereocenters. The topological polar surface area (TPSA) is 100 Å².